The summed E-state index contributed by atoms with van der Waals surface area (Å²) in [6, 6.07) is 0. The third-order valence-electron chi connectivity index (χ3n) is 4.70. The molecule has 2 rings (SSSR count). The standard InChI is InChI=1S/C15H29NO4S/c1-12-4-6-14(7-5-12)20-11-13(17)9-16-10-15-3-2-8-21(15,18)19/h12-17H,2-11H2,1H3. The molecule has 2 fully saturated rings. The third kappa shape index (κ3) is 5.51. The molecular weight excluding hydrogens is 290 g/mol. The van der Waals surface area contributed by atoms with E-state index in [9.17, 15) is 13.5 Å². The fourth-order valence-electron chi connectivity index (χ4n) is 3.20. The lowest BCUT2D eigenvalue weighted by Gasteiger charge is -2.27. The van der Waals surface area contributed by atoms with Gasteiger partial charge < -0.3 is 15.2 Å². The second-order valence-corrected chi connectivity index (χ2v) is 9.06. The summed E-state index contributed by atoms with van der Waals surface area (Å²) in [4.78, 5) is 0. The highest BCUT2D eigenvalue weighted by Gasteiger charge is 2.30. The number of rotatable bonds is 7. The molecule has 0 radical (unpaired) electrons. The van der Waals surface area contributed by atoms with Crippen molar-refractivity contribution in [1.29, 1.82) is 0 Å². The van der Waals surface area contributed by atoms with Gasteiger partial charge in [-0.25, -0.2) is 8.42 Å². The predicted octanol–water partition coefficient (Wildman–Crippen LogP) is 1.11. The highest BCUT2D eigenvalue weighted by atomic mass is 32.2. The molecule has 1 saturated heterocycles. The van der Waals surface area contributed by atoms with Crippen molar-refractivity contribution >= 4 is 9.84 Å². The Morgan fingerprint density at radius 2 is 1.95 bits per heavy atom. The van der Waals surface area contributed by atoms with E-state index in [0.29, 0.717) is 25.4 Å². The summed E-state index contributed by atoms with van der Waals surface area (Å²) in [7, 11) is -2.90. The van der Waals surface area contributed by atoms with Crippen LogP contribution >= 0.6 is 0 Å². The molecule has 6 heteroatoms. The first-order chi connectivity index (χ1) is 9.97. The molecule has 1 aliphatic heterocycles. The van der Waals surface area contributed by atoms with Crippen molar-refractivity contribution in [1.82, 2.24) is 5.32 Å². The molecular formula is C15H29NO4S. The van der Waals surface area contributed by atoms with Crippen molar-refractivity contribution in [3.8, 4) is 0 Å². The number of nitrogens with one attached hydrogen (secondary N) is 1. The first-order valence-corrected chi connectivity index (χ1v) is 9.91. The highest BCUT2D eigenvalue weighted by Crippen LogP contribution is 2.25. The van der Waals surface area contributed by atoms with Crippen LogP contribution < -0.4 is 5.32 Å². The number of sulfone groups is 1. The minimum absolute atomic E-state index is 0.273. The Morgan fingerprint density at radius 3 is 2.57 bits per heavy atom. The second kappa shape index (κ2) is 7.90. The third-order valence-corrected chi connectivity index (χ3v) is 6.98. The topological polar surface area (TPSA) is 75.6 Å². The van der Waals surface area contributed by atoms with E-state index in [1.165, 1.54) is 12.8 Å². The minimum Gasteiger partial charge on any atom is -0.389 e. The number of aliphatic hydroxyl groups is 1. The van der Waals surface area contributed by atoms with Crippen molar-refractivity contribution < 1.29 is 18.3 Å². The summed E-state index contributed by atoms with van der Waals surface area (Å²) in [6.45, 7) is 3.45. The molecule has 0 spiro atoms. The Morgan fingerprint density at radius 1 is 1.24 bits per heavy atom. The van der Waals surface area contributed by atoms with Crippen LogP contribution in [0.5, 0.6) is 0 Å². The van der Waals surface area contributed by atoms with Crippen LogP contribution in [-0.4, -0.2) is 56.4 Å². The average molecular weight is 319 g/mol. The summed E-state index contributed by atoms with van der Waals surface area (Å²) in [5.41, 5.74) is 0. The Hall–Kier alpha value is -0.170. The SMILES string of the molecule is CC1CCC(OCC(O)CNCC2CCCS2(=O)=O)CC1. The van der Waals surface area contributed by atoms with E-state index < -0.39 is 15.9 Å². The predicted molar refractivity (Wildman–Crippen MR) is 83.1 cm³/mol. The van der Waals surface area contributed by atoms with Gasteiger partial charge in [0.1, 0.15) is 0 Å². The maximum absolute atomic E-state index is 11.7. The van der Waals surface area contributed by atoms with Crippen LogP contribution in [0.3, 0.4) is 0 Å². The number of hydrogen-bond acceptors (Lipinski definition) is 5. The van der Waals surface area contributed by atoms with Crippen LogP contribution in [0.25, 0.3) is 0 Å². The zero-order chi connectivity index (χ0) is 15.3. The Labute approximate surface area is 128 Å². The lowest BCUT2D eigenvalue weighted by atomic mass is 9.89. The second-order valence-electron chi connectivity index (χ2n) is 6.66. The lowest BCUT2D eigenvalue weighted by molar-refractivity contribution is -0.0277. The van der Waals surface area contributed by atoms with Gasteiger partial charge in [0, 0.05) is 13.1 Å². The fraction of sp³-hybridized carbons (Fsp3) is 1.00. The van der Waals surface area contributed by atoms with E-state index in [4.69, 9.17) is 4.74 Å². The molecule has 0 aromatic rings. The zero-order valence-corrected chi connectivity index (χ0v) is 13.8. The van der Waals surface area contributed by atoms with E-state index in [-0.39, 0.29) is 11.4 Å². The van der Waals surface area contributed by atoms with E-state index in [2.05, 4.69) is 12.2 Å². The number of ether oxygens (including phenoxy) is 1. The molecule has 2 unspecified atom stereocenters. The van der Waals surface area contributed by atoms with Gasteiger partial charge in [-0.15, -0.1) is 0 Å². The maximum Gasteiger partial charge on any atom is 0.154 e. The van der Waals surface area contributed by atoms with Gasteiger partial charge in [0.05, 0.1) is 29.8 Å². The minimum atomic E-state index is -2.90. The van der Waals surface area contributed by atoms with Crippen LogP contribution in [0, 0.1) is 5.92 Å². The summed E-state index contributed by atoms with van der Waals surface area (Å²) in [5, 5.41) is 12.7. The smallest absolute Gasteiger partial charge is 0.154 e. The molecule has 2 aliphatic rings. The lowest BCUT2D eigenvalue weighted by Crippen LogP contribution is -2.37. The van der Waals surface area contributed by atoms with Crippen molar-refractivity contribution in [2.24, 2.45) is 5.92 Å². The summed E-state index contributed by atoms with van der Waals surface area (Å²) in [5.74, 6) is 1.11. The molecule has 0 bridgehead atoms. The van der Waals surface area contributed by atoms with Crippen molar-refractivity contribution in [2.75, 3.05) is 25.4 Å². The van der Waals surface area contributed by atoms with Gasteiger partial charge in [-0.1, -0.05) is 6.92 Å². The quantitative estimate of drug-likeness (QED) is 0.735. The normalized spacial score (nSPS) is 33.9. The van der Waals surface area contributed by atoms with Gasteiger partial charge in [0.25, 0.3) is 0 Å². The molecule has 1 heterocycles. The van der Waals surface area contributed by atoms with Gasteiger partial charge in [-0.3, -0.25) is 0 Å². The zero-order valence-electron chi connectivity index (χ0n) is 13.0. The molecule has 0 aromatic carbocycles. The molecule has 0 amide bonds. The Kier molecular flexibility index (Phi) is 6.47. The van der Waals surface area contributed by atoms with Crippen molar-refractivity contribution in [3.05, 3.63) is 0 Å². The highest BCUT2D eigenvalue weighted by molar-refractivity contribution is 7.92. The first kappa shape index (κ1) is 17.2. The van der Waals surface area contributed by atoms with Crippen LogP contribution in [0.2, 0.25) is 0 Å². The summed E-state index contributed by atoms with van der Waals surface area (Å²) >= 11 is 0. The molecule has 0 aromatic heterocycles. The van der Waals surface area contributed by atoms with Crippen LogP contribution in [0.1, 0.15) is 45.4 Å². The van der Waals surface area contributed by atoms with Crippen molar-refractivity contribution in [3.63, 3.8) is 0 Å². The molecule has 2 atom stereocenters. The van der Waals surface area contributed by atoms with Crippen LogP contribution in [0.4, 0.5) is 0 Å². The van der Waals surface area contributed by atoms with E-state index in [1.54, 1.807) is 0 Å². The monoisotopic (exact) mass is 319 g/mol. The van der Waals surface area contributed by atoms with Gasteiger partial charge in [0.15, 0.2) is 9.84 Å². The fourth-order valence-corrected chi connectivity index (χ4v) is 5.00. The number of aliphatic hydroxyl groups excluding tert-OH is 1. The molecule has 2 N–H and O–H groups in total. The summed E-state index contributed by atoms with van der Waals surface area (Å²) in [6.07, 6.45) is 5.81. The van der Waals surface area contributed by atoms with Crippen LogP contribution in [-0.2, 0) is 14.6 Å². The van der Waals surface area contributed by atoms with Gasteiger partial charge in [0.2, 0.25) is 0 Å². The molecule has 5 nitrogen and oxygen atoms in total. The first-order valence-electron chi connectivity index (χ1n) is 8.19. The molecule has 1 saturated carbocycles. The molecule has 1 aliphatic carbocycles. The van der Waals surface area contributed by atoms with E-state index in [1.807, 2.05) is 0 Å². The molecule has 21 heavy (non-hydrogen) atoms. The summed E-state index contributed by atoms with van der Waals surface area (Å²) < 4.78 is 29.1. The average Bonchev–Trinajstić information content (AvgIpc) is 2.77. The number of hydrogen-bond donors (Lipinski definition) is 2. The van der Waals surface area contributed by atoms with E-state index >= 15 is 0 Å². The van der Waals surface area contributed by atoms with E-state index in [0.717, 1.165) is 31.6 Å². The Bertz CT molecular complexity index is 404. The van der Waals surface area contributed by atoms with Crippen molar-refractivity contribution in [2.45, 2.75) is 62.9 Å². The van der Waals surface area contributed by atoms with Gasteiger partial charge in [-0.05, 0) is 44.4 Å². The van der Waals surface area contributed by atoms with Crippen LogP contribution in [0.15, 0.2) is 0 Å². The van der Waals surface area contributed by atoms with Gasteiger partial charge in [-0.2, -0.15) is 0 Å². The molecule has 124 valence electrons. The van der Waals surface area contributed by atoms with Gasteiger partial charge >= 0.3 is 0 Å². The largest absolute Gasteiger partial charge is 0.389 e. The Balaban J connectivity index is 1.56. The maximum atomic E-state index is 11.7.